The quantitative estimate of drug-likeness (QED) is 0.910. The molecule has 2 aromatic rings. The number of benzene rings is 2. The molecule has 0 spiro atoms. The Morgan fingerprint density at radius 3 is 2.43 bits per heavy atom. The van der Waals surface area contributed by atoms with E-state index in [0.717, 1.165) is 24.0 Å². The molecule has 3 heteroatoms. The minimum atomic E-state index is -0.509. The first kappa shape index (κ1) is 15.6. The molecule has 0 heterocycles. The van der Waals surface area contributed by atoms with Gasteiger partial charge >= 0.3 is 0 Å². The molecule has 2 nitrogen and oxygen atoms in total. The van der Waals surface area contributed by atoms with E-state index in [1.54, 1.807) is 0 Å². The largest absolute Gasteiger partial charge is 0.313 e. The van der Waals surface area contributed by atoms with E-state index in [1.807, 2.05) is 31.3 Å². The number of nitriles is 1. The second-order valence-electron chi connectivity index (χ2n) is 5.35. The van der Waals surface area contributed by atoms with Crippen molar-refractivity contribution in [2.75, 3.05) is 7.05 Å². The van der Waals surface area contributed by atoms with Gasteiger partial charge in [0, 0.05) is 6.04 Å². The first-order chi connectivity index (χ1) is 9.81. The zero-order valence-electron chi connectivity index (χ0n) is 12.0. The molecule has 0 unspecified atom stereocenters. The summed E-state index contributed by atoms with van der Waals surface area (Å²) in [5.74, 6) is 0. The Bertz CT molecular complexity index is 648. The highest BCUT2D eigenvalue weighted by Gasteiger charge is 2.40. The zero-order valence-corrected chi connectivity index (χ0v) is 12.9. The van der Waals surface area contributed by atoms with E-state index in [-0.39, 0.29) is 12.4 Å². The van der Waals surface area contributed by atoms with Gasteiger partial charge in [0.05, 0.1) is 6.07 Å². The Labute approximate surface area is 132 Å². The van der Waals surface area contributed by atoms with Crippen LogP contribution in [0.1, 0.15) is 35.6 Å². The number of hydrogen-bond acceptors (Lipinski definition) is 2. The van der Waals surface area contributed by atoms with Gasteiger partial charge in [0.2, 0.25) is 0 Å². The number of hydrogen-bond donors (Lipinski definition) is 1. The van der Waals surface area contributed by atoms with Crippen LogP contribution < -0.4 is 5.32 Å². The Morgan fingerprint density at radius 1 is 1.10 bits per heavy atom. The van der Waals surface area contributed by atoms with Crippen LogP contribution in [0.5, 0.6) is 0 Å². The number of nitrogens with zero attached hydrogens (tertiary/aromatic N) is 1. The normalized spacial score (nSPS) is 23.5. The summed E-state index contributed by atoms with van der Waals surface area (Å²) in [6.45, 7) is 0. The Hall–Kier alpha value is -1.82. The lowest BCUT2D eigenvalue weighted by atomic mass is 9.65. The van der Waals surface area contributed by atoms with Gasteiger partial charge in [0.25, 0.3) is 0 Å². The van der Waals surface area contributed by atoms with Crippen molar-refractivity contribution in [3.8, 4) is 6.07 Å². The summed E-state index contributed by atoms with van der Waals surface area (Å²) in [6.07, 6.45) is 1.84. The number of nitrogens with one attached hydrogen (secondary N) is 1. The minimum absolute atomic E-state index is 0. The lowest BCUT2D eigenvalue weighted by molar-refractivity contribution is 0.426. The summed E-state index contributed by atoms with van der Waals surface area (Å²) in [4.78, 5) is 0. The first-order valence-electron chi connectivity index (χ1n) is 7.05. The number of halogens is 1. The lowest BCUT2D eigenvalue weighted by Crippen LogP contribution is -2.35. The van der Waals surface area contributed by atoms with Gasteiger partial charge in [-0.05, 0) is 36.6 Å². The topological polar surface area (TPSA) is 35.8 Å². The first-order valence-corrected chi connectivity index (χ1v) is 7.05. The lowest BCUT2D eigenvalue weighted by Gasteiger charge is -2.37. The van der Waals surface area contributed by atoms with Gasteiger partial charge in [-0.25, -0.2) is 0 Å². The van der Waals surface area contributed by atoms with Gasteiger partial charge in [-0.15, -0.1) is 12.4 Å². The number of fused-ring (bicyclic) bond motifs is 1. The molecule has 3 rings (SSSR count). The maximum Gasteiger partial charge on any atom is 0.107 e. The average molecular weight is 299 g/mol. The molecule has 0 saturated carbocycles. The highest BCUT2D eigenvalue weighted by Crippen LogP contribution is 2.45. The van der Waals surface area contributed by atoms with Crippen molar-refractivity contribution in [2.24, 2.45) is 0 Å². The molecule has 1 aliphatic carbocycles. The fourth-order valence-electron chi connectivity index (χ4n) is 3.34. The highest BCUT2D eigenvalue weighted by molar-refractivity contribution is 5.85. The van der Waals surface area contributed by atoms with Crippen molar-refractivity contribution < 1.29 is 0 Å². The van der Waals surface area contributed by atoms with E-state index in [2.05, 4.69) is 41.7 Å². The second kappa shape index (κ2) is 6.30. The van der Waals surface area contributed by atoms with Crippen LogP contribution in [0, 0.1) is 11.3 Å². The summed E-state index contributed by atoms with van der Waals surface area (Å²) in [6, 6.07) is 21.5. The van der Waals surface area contributed by atoms with Gasteiger partial charge in [0.15, 0.2) is 0 Å². The number of rotatable bonds is 2. The maximum absolute atomic E-state index is 9.93. The average Bonchev–Trinajstić information content (AvgIpc) is 2.54. The predicted molar refractivity (Wildman–Crippen MR) is 87.6 cm³/mol. The monoisotopic (exact) mass is 298 g/mol. The summed E-state index contributed by atoms with van der Waals surface area (Å²) in [7, 11) is 1.99. The zero-order chi connectivity index (χ0) is 14.0. The molecule has 21 heavy (non-hydrogen) atoms. The molecule has 108 valence electrons. The van der Waals surface area contributed by atoms with Crippen molar-refractivity contribution in [1.82, 2.24) is 5.32 Å². The van der Waals surface area contributed by atoms with E-state index in [1.165, 1.54) is 5.56 Å². The molecule has 1 aliphatic rings. The van der Waals surface area contributed by atoms with Crippen molar-refractivity contribution in [1.29, 1.82) is 5.26 Å². The fraction of sp³-hybridized carbons (Fsp3) is 0.278. The van der Waals surface area contributed by atoms with E-state index in [0.29, 0.717) is 6.04 Å². The Balaban J connectivity index is 0.00000161. The molecule has 2 atom stereocenters. The van der Waals surface area contributed by atoms with Gasteiger partial charge in [0.1, 0.15) is 5.41 Å². The van der Waals surface area contributed by atoms with Gasteiger partial charge < -0.3 is 5.32 Å². The van der Waals surface area contributed by atoms with E-state index in [4.69, 9.17) is 0 Å². The molecule has 0 radical (unpaired) electrons. The molecular weight excluding hydrogens is 280 g/mol. The summed E-state index contributed by atoms with van der Waals surface area (Å²) in [5, 5.41) is 13.3. The van der Waals surface area contributed by atoms with Crippen LogP contribution in [0.25, 0.3) is 0 Å². The smallest absolute Gasteiger partial charge is 0.107 e. The SMILES string of the molecule is CN[C@H]1CC[C@@](C#N)(c2ccccc2)c2ccccc21.Cl. The van der Waals surface area contributed by atoms with Crippen LogP contribution in [-0.2, 0) is 5.41 Å². The van der Waals surface area contributed by atoms with Crippen LogP contribution in [0.4, 0.5) is 0 Å². The fourth-order valence-corrected chi connectivity index (χ4v) is 3.34. The van der Waals surface area contributed by atoms with Crippen molar-refractivity contribution >= 4 is 12.4 Å². The molecule has 2 aromatic carbocycles. The van der Waals surface area contributed by atoms with Gasteiger partial charge in [-0.3, -0.25) is 0 Å². The third-order valence-corrected chi connectivity index (χ3v) is 4.41. The molecule has 0 fully saturated rings. The van der Waals surface area contributed by atoms with Crippen molar-refractivity contribution in [3.63, 3.8) is 0 Å². The van der Waals surface area contributed by atoms with Crippen LogP contribution in [0.2, 0.25) is 0 Å². The molecule has 0 aliphatic heterocycles. The highest BCUT2D eigenvalue weighted by atomic mass is 35.5. The molecule has 1 N–H and O–H groups in total. The molecule has 0 amide bonds. The molecule has 0 bridgehead atoms. The Kier molecular flexibility index (Phi) is 4.67. The van der Waals surface area contributed by atoms with E-state index >= 15 is 0 Å². The third kappa shape index (κ3) is 2.44. The van der Waals surface area contributed by atoms with Crippen LogP contribution in [0.3, 0.4) is 0 Å². The van der Waals surface area contributed by atoms with Gasteiger partial charge in [-0.2, -0.15) is 5.26 Å². The summed E-state index contributed by atoms with van der Waals surface area (Å²) < 4.78 is 0. The summed E-state index contributed by atoms with van der Waals surface area (Å²) >= 11 is 0. The minimum Gasteiger partial charge on any atom is -0.313 e. The standard InChI is InChI=1S/C18H18N2.ClH/c1-20-17-11-12-18(13-19,14-7-3-2-4-8-14)16-10-6-5-9-15(16)17;/h2-10,17,20H,11-12H2,1H3;1H/t17-,18+;/m0./s1. The molecule has 0 aromatic heterocycles. The van der Waals surface area contributed by atoms with Crippen LogP contribution >= 0.6 is 12.4 Å². The predicted octanol–water partition coefficient (Wildman–Crippen LogP) is 3.97. The van der Waals surface area contributed by atoms with Crippen molar-refractivity contribution in [3.05, 3.63) is 71.3 Å². The van der Waals surface area contributed by atoms with Gasteiger partial charge in [-0.1, -0.05) is 54.6 Å². The van der Waals surface area contributed by atoms with Crippen molar-refractivity contribution in [2.45, 2.75) is 24.3 Å². The Morgan fingerprint density at radius 2 is 1.76 bits per heavy atom. The molecule has 0 saturated heterocycles. The van der Waals surface area contributed by atoms with E-state index < -0.39 is 5.41 Å². The third-order valence-electron chi connectivity index (χ3n) is 4.41. The van der Waals surface area contributed by atoms with Crippen LogP contribution in [0.15, 0.2) is 54.6 Å². The molecular formula is C18H19ClN2. The maximum atomic E-state index is 9.93. The van der Waals surface area contributed by atoms with Crippen LogP contribution in [-0.4, -0.2) is 7.05 Å². The van der Waals surface area contributed by atoms with E-state index in [9.17, 15) is 5.26 Å². The second-order valence-corrected chi connectivity index (χ2v) is 5.35. The summed E-state index contributed by atoms with van der Waals surface area (Å²) in [5.41, 5.74) is 3.00.